The molecule has 0 saturated heterocycles. The molecule has 3 heterocycles. The molecule has 44 heavy (non-hydrogen) atoms. The van der Waals surface area contributed by atoms with Gasteiger partial charge in [-0.15, -0.1) is 0 Å². The van der Waals surface area contributed by atoms with Crippen LogP contribution in [0.15, 0.2) is 23.9 Å². The molecule has 246 valence electrons. The minimum absolute atomic E-state index is 0.0193. The second-order valence-electron chi connectivity index (χ2n) is 10.2. The summed E-state index contributed by atoms with van der Waals surface area (Å²) in [6.45, 7) is 4.31. The average Bonchev–Trinajstić information content (AvgIpc) is 3.53. The van der Waals surface area contributed by atoms with Crippen LogP contribution in [0.2, 0.25) is 0 Å². The van der Waals surface area contributed by atoms with Crippen LogP contribution in [0, 0.1) is 13.8 Å². The highest BCUT2D eigenvalue weighted by molar-refractivity contribution is 6.58. The Morgan fingerprint density at radius 3 is 1.89 bits per heavy atom. The summed E-state index contributed by atoms with van der Waals surface area (Å²) in [6.07, 6.45) is 5.40. The Bertz CT molecular complexity index is 1190. The van der Waals surface area contributed by atoms with Crippen LogP contribution in [0.5, 0.6) is 0 Å². The molecule has 0 bridgehead atoms. The van der Waals surface area contributed by atoms with E-state index in [-0.39, 0.29) is 31.8 Å². The van der Waals surface area contributed by atoms with E-state index >= 15 is 8.63 Å². The van der Waals surface area contributed by atoms with Gasteiger partial charge in [0.2, 0.25) is 5.91 Å². The van der Waals surface area contributed by atoms with Gasteiger partial charge in [0.15, 0.2) is 5.70 Å². The van der Waals surface area contributed by atoms with Gasteiger partial charge in [0, 0.05) is 43.3 Å². The molecule has 2 N–H and O–H groups in total. The fourth-order valence-electron chi connectivity index (χ4n) is 4.85. The Balaban J connectivity index is 1.12. The zero-order valence-corrected chi connectivity index (χ0v) is 25.6. The predicted octanol–water partition coefficient (Wildman–Crippen LogP) is 2.18. The van der Waals surface area contributed by atoms with Gasteiger partial charge in [-0.05, 0) is 31.2 Å². The van der Waals surface area contributed by atoms with Crippen molar-refractivity contribution in [3.8, 4) is 0 Å². The molecule has 0 saturated carbocycles. The third-order valence-electron chi connectivity index (χ3n) is 6.91. The molecule has 0 aliphatic carbocycles. The van der Waals surface area contributed by atoms with E-state index in [9.17, 15) is 9.59 Å². The zero-order valence-electron chi connectivity index (χ0n) is 25.6. The number of allylic oxidation sites excluding steroid dienone is 2. The lowest BCUT2D eigenvalue weighted by Gasteiger charge is -2.30. The van der Waals surface area contributed by atoms with E-state index in [1.54, 1.807) is 31.2 Å². The number of aromatic nitrogens is 1. The normalized spacial score (nSPS) is 15.0. The summed E-state index contributed by atoms with van der Waals surface area (Å²) < 4.78 is 65.2. The summed E-state index contributed by atoms with van der Waals surface area (Å²) in [5.41, 5.74) is 2.73. The van der Waals surface area contributed by atoms with Gasteiger partial charge in [-0.2, -0.15) is 0 Å². The van der Waals surface area contributed by atoms with Crippen LogP contribution in [-0.4, -0.2) is 124 Å². The van der Waals surface area contributed by atoms with Crippen LogP contribution in [0.25, 0.3) is 6.08 Å². The maximum Gasteiger partial charge on any atom is 0.737 e. The number of halogens is 2. The summed E-state index contributed by atoms with van der Waals surface area (Å²) in [7, 11) is 0. The molecule has 1 amide bonds. The summed E-state index contributed by atoms with van der Waals surface area (Å²) in [6, 6.07) is 1.76. The Morgan fingerprint density at radius 2 is 1.34 bits per heavy atom. The lowest BCUT2D eigenvalue weighted by atomic mass is 9.90. The number of fused-ring (bicyclic) bond motifs is 2. The number of nitrogens with zero attached hydrogens (tertiary/aromatic N) is 2. The molecule has 0 unspecified atom stereocenters. The SMILES string of the molecule is Cc1cc(C)n2c1C=C1C=CC(CCC(=O)NCCOCCOCCOCCOCCOCCOCCC(=O)O)=[N+]1[B-]2(F)F. The maximum absolute atomic E-state index is 15.5. The van der Waals surface area contributed by atoms with Crippen molar-refractivity contribution in [3.05, 3.63) is 40.9 Å². The smallest absolute Gasteiger partial charge is 0.481 e. The van der Waals surface area contributed by atoms with Crippen molar-refractivity contribution in [2.75, 3.05) is 85.8 Å². The molecular formula is C29H44BF2N3O9. The molecule has 15 heteroatoms. The number of ether oxygens (including phenoxy) is 6. The number of amides is 1. The number of rotatable bonds is 24. The summed E-state index contributed by atoms with van der Waals surface area (Å²) in [4.78, 5) is 22.6. The van der Waals surface area contributed by atoms with Crippen molar-refractivity contribution in [1.82, 2.24) is 9.79 Å². The number of carboxylic acids is 1. The summed E-state index contributed by atoms with van der Waals surface area (Å²) in [5.74, 6) is -1.11. The van der Waals surface area contributed by atoms with Crippen LogP contribution < -0.4 is 5.32 Å². The number of aliphatic carboxylic acids is 1. The second kappa shape index (κ2) is 18.8. The second-order valence-corrected chi connectivity index (χ2v) is 10.2. The molecule has 2 aliphatic heterocycles. The van der Waals surface area contributed by atoms with Crippen molar-refractivity contribution in [2.24, 2.45) is 0 Å². The molecule has 0 spiro atoms. The van der Waals surface area contributed by atoms with Gasteiger partial charge in [-0.1, -0.05) is 0 Å². The molecule has 2 aliphatic rings. The Labute approximate surface area is 256 Å². The highest BCUT2D eigenvalue weighted by Gasteiger charge is 2.52. The fraction of sp³-hybridized carbons (Fsp3) is 0.621. The standard InChI is InChI=1S/C29H44BF2N3O9/c1-23-21-24(2)34-27(23)22-26-4-3-25(35(26)30(34,31)32)5-6-28(36)33-8-10-40-12-14-42-16-18-44-20-19-43-17-15-41-13-11-39-9-7-29(37)38/h3-4,21-22H,5-20H2,1-2H3,(H,33,36)(H,37,38). The van der Waals surface area contributed by atoms with E-state index in [0.717, 1.165) is 14.5 Å². The van der Waals surface area contributed by atoms with Crippen molar-refractivity contribution >= 4 is 30.6 Å². The van der Waals surface area contributed by atoms with E-state index in [1.165, 1.54) is 0 Å². The van der Waals surface area contributed by atoms with Crippen molar-refractivity contribution < 1.29 is 56.2 Å². The first kappa shape index (κ1) is 35.5. The van der Waals surface area contributed by atoms with Crippen LogP contribution in [-0.2, 0) is 38.0 Å². The van der Waals surface area contributed by atoms with E-state index < -0.39 is 12.9 Å². The van der Waals surface area contributed by atoms with Crippen molar-refractivity contribution in [2.45, 2.75) is 33.1 Å². The van der Waals surface area contributed by atoms with Crippen LogP contribution in [0.3, 0.4) is 0 Å². The molecule has 3 rings (SSSR count). The Morgan fingerprint density at radius 1 is 0.818 bits per heavy atom. The monoisotopic (exact) mass is 627 g/mol. The maximum atomic E-state index is 15.5. The number of hydrogen-bond acceptors (Lipinski definition) is 8. The van der Waals surface area contributed by atoms with E-state index in [4.69, 9.17) is 33.5 Å². The number of hydrogen-bond donors (Lipinski definition) is 2. The lowest BCUT2D eigenvalue weighted by Crippen LogP contribution is -2.50. The van der Waals surface area contributed by atoms with Gasteiger partial charge in [0.1, 0.15) is 5.71 Å². The molecule has 12 nitrogen and oxygen atoms in total. The number of aryl methyl sites for hydroxylation is 2. The van der Waals surface area contributed by atoms with Gasteiger partial charge in [-0.3, -0.25) is 9.59 Å². The largest absolute Gasteiger partial charge is 0.737 e. The van der Waals surface area contributed by atoms with E-state index in [2.05, 4.69) is 5.32 Å². The zero-order chi connectivity index (χ0) is 31.8. The molecule has 1 aromatic rings. The van der Waals surface area contributed by atoms with Gasteiger partial charge in [0.25, 0.3) is 0 Å². The minimum Gasteiger partial charge on any atom is -0.481 e. The Hall–Kier alpha value is -2.95. The molecule has 0 radical (unpaired) electrons. The van der Waals surface area contributed by atoms with Gasteiger partial charge in [0.05, 0.1) is 85.7 Å². The first-order chi connectivity index (χ1) is 21.2. The minimum atomic E-state index is -4.03. The molecule has 0 fully saturated rings. The quantitative estimate of drug-likeness (QED) is 0.131. The molecule has 0 atom stereocenters. The van der Waals surface area contributed by atoms with Gasteiger partial charge in [-0.25, -0.2) is 0 Å². The molecule has 1 aromatic heterocycles. The van der Waals surface area contributed by atoms with Crippen LogP contribution >= 0.6 is 0 Å². The lowest BCUT2D eigenvalue weighted by molar-refractivity contribution is -0.362. The highest BCUT2D eigenvalue weighted by atomic mass is 19.2. The van der Waals surface area contributed by atoms with Crippen molar-refractivity contribution in [1.29, 1.82) is 0 Å². The number of carbonyl (C=O) groups excluding carboxylic acids is 1. The van der Waals surface area contributed by atoms with Crippen molar-refractivity contribution in [3.63, 3.8) is 0 Å². The number of carboxylic acid groups (broad SMARTS) is 1. The third-order valence-corrected chi connectivity index (χ3v) is 6.91. The fourth-order valence-corrected chi connectivity index (χ4v) is 4.85. The average molecular weight is 627 g/mol. The number of nitrogens with one attached hydrogen (secondary N) is 1. The number of carbonyl (C=O) groups is 2. The molecular weight excluding hydrogens is 583 g/mol. The molecule has 0 aromatic carbocycles. The third kappa shape index (κ3) is 11.2. The van der Waals surface area contributed by atoms with E-state index in [1.807, 2.05) is 6.92 Å². The Kier molecular flexibility index (Phi) is 15.2. The van der Waals surface area contributed by atoms with Crippen LogP contribution in [0.1, 0.15) is 36.2 Å². The first-order valence-corrected chi connectivity index (χ1v) is 14.9. The highest BCUT2D eigenvalue weighted by Crippen LogP contribution is 2.34. The first-order valence-electron chi connectivity index (χ1n) is 14.9. The summed E-state index contributed by atoms with van der Waals surface area (Å²) >= 11 is 0. The van der Waals surface area contributed by atoms with Gasteiger partial charge < -0.3 is 56.4 Å². The van der Waals surface area contributed by atoms with Crippen LogP contribution in [0.4, 0.5) is 8.63 Å². The topological polar surface area (TPSA) is 130 Å². The van der Waals surface area contributed by atoms with E-state index in [0.29, 0.717) is 102 Å². The van der Waals surface area contributed by atoms with Gasteiger partial charge >= 0.3 is 12.9 Å². The summed E-state index contributed by atoms with van der Waals surface area (Å²) in [5, 5.41) is 11.2. The predicted molar refractivity (Wildman–Crippen MR) is 159 cm³/mol.